The average molecular weight is 277 g/mol. The maximum absolute atomic E-state index is 11.6. The maximum Gasteiger partial charge on any atom is 0.325 e. The zero-order valence-corrected chi connectivity index (χ0v) is 10.2. The fraction of sp³-hybridized carbons (Fsp3) is 0.375. The highest BCUT2D eigenvalue weighted by Gasteiger charge is 2.18. The number of ether oxygens (including phenoxy) is 1. The van der Waals surface area contributed by atoms with Crippen molar-refractivity contribution in [1.82, 2.24) is 14.5 Å². The minimum Gasteiger partial charge on any atom is -0.480 e. The number of rotatable bonds is 6. The molecule has 0 atom stereocenters. The standard InChI is InChI=1S/C8H11N3O6S/c1-17-8(14)3-10-18(15,16)6-2-9-11(4-6)5-7(12)13/h2,4,10H,3,5H2,1H3,(H,12,13). The van der Waals surface area contributed by atoms with Crippen molar-refractivity contribution in [1.29, 1.82) is 0 Å². The lowest BCUT2D eigenvalue weighted by Crippen LogP contribution is -2.30. The molecular formula is C8H11N3O6S. The van der Waals surface area contributed by atoms with Crippen LogP contribution in [0.15, 0.2) is 17.3 Å². The van der Waals surface area contributed by atoms with E-state index in [4.69, 9.17) is 5.11 Å². The topological polar surface area (TPSA) is 128 Å². The number of sulfonamides is 1. The summed E-state index contributed by atoms with van der Waals surface area (Å²) in [6.45, 7) is -0.963. The molecule has 0 fully saturated rings. The first kappa shape index (κ1) is 14.1. The molecule has 1 aromatic heterocycles. The molecule has 0 aromatic carbocycles. The zero-order valence-electron chi connectivity index (χ0n) is 9.36. The summed E-state index contributed by atoms with van der Waals surface area (Å²) in [4.78, 5) is 21.0. The Morgan fingerprint density at radius 2 is 2.22 bits per heavy atom. The minimum atomic E-state index is -3.91. The minimum absolute atomic E-state index is 0.229. The van der Waals surface area contributed by atoms with E-state index in [1.54, 1.807) is 0 Å². The van der Waals surface area contributed by atoms with Crippen LogP contribution < -0.4 is 4.72 Å². The van der Waals surface area contributed by atoms with Gasteiger partial charge in [-0.05, 0) is 0 Å². The number of hydrogen-bond acceptors (Lipinski definition) is 6. The molecule has 1 rings (SSSR count). The maximum atomic E-state index is 11.6. The fourth-order valence-electron chi connectivity index (χ4n) is 1.02. The molecule has 0 saturated carbocycles. The Bertz CT molecular complexity index is 549. The van der Waals surface area contributed by atoms with Crippen LogP contribution in [0.4, 0.5) is 0 Å². The van der Waals surface area contributed by atoms with Gasteiger partial charge in [0.1, 0.15) is 18.0 Å². The number of nitrogens with zero attached hydrogens (tertiary/aromatic N) is 2. The van der Waals surface area contributed by atoms with Gasteiger partial charge in [0, 0.05) is 6.20 Å². The van der Waals surface area contributed by atoms with Crippen LogP contribution in [0.1, 0.15) is 0 Å². The molecule has 0 aliphatic rings. The van der Waals surface area contributed by atoms with Crippen LogP contribution in [0.5, 0.6) is 0 Å². The molecule has 2 N–H and O–H groups in total. The number of hydrogen-bond donors (Lipinski definition) is 2. The second kappa shape index (κ2) is 5.60. The molecular weight excluding hydrogens is 266 g/mol. The number of aromatic nitrogens is 2. The molecule has 0 bridgehead atoms. The van der Waals surface area contributed by atoms with Crippen molar-refractivity contribution >= 4 is 22.0 Å². The Morgan fingerprint density at radius 1 is 1.56 bits per heavy atom. The molecule has 9 nitrogen and oxygen atoms in total. The molecule has 1 heterocycles. The molecule has 0 aliphatic carbocycles. The Kier molecular flexibility index (Phi) is 4.39. The van der Waals surface area contributed by atoms with Gasteiger partial charge in [0.2, 0.25) is 10.0 Å². The molecule has 10 heteroatoms. The van der Waals surface area contributed by atoms with Crippen LogP contribution in [0, 0.1) is 0 Å². The highest BCUT2D eigenvalue weighted by molar-refractivity contribution is 7.89. The van der Waals surface area contributed by atoms with Crippen molar-refractivity contribution in [3.8, 4) is 0 Å². The first-order valence-electron chi connectivity index (χ1n) is 4.66. The molecule has 18 heavy (non-hydrogen) atoms. The number of aliphatic carboxylic acids is 1. The Labute approximate surface area is 102 Å². The Hall–Kier alpha value is -1.94. The average Bonchev–Trinajstić information content (AvgIpc) is 2.74. The summed E-state index contributed by atoms with van der Waals surface area (Å²) >= 11 is 0. The van der Waals surface area contributed by atoms with Gasteiger partial charge in [0.25, 0.3) is 0 Å². The summed E-state index contributed by atoms with van der Waals surface area (Å²) in [6, 6.07) is 0. The number of methoxy groups -OCH3 is 1. The molecule has 100 valence electrons. The van der Waals surface area contributed by atoms with Crippen LogP contribution in [0.3, 0.4) is 0 Å². The van der Waals surface area contributed by atoms with E-state index in [0.29, 0.717) is 0 Å². The lowest BCUT2D eigenvalue weighted by atomic mass is 10.6. The van der Waals surface area contributed by atoms with Gasteiger partial charge in [-0.25, -0.2) is 8.42 Å². The molecule has 0 amide bonds. The molecule has 0 spiro atoms. The van der Waals surface area contributed by atoms with Crippen molar-refractivity contribution in [3.63, 3.8) is 0 Å². The van der Waals surface area contributed by atoms with Crippen molar-refractivity contribution in [2.75, 3.05) is 13.7 Å². The van der Waals surface area contributed by atoms with Gasteiger partial charge in [-0.2, -0.15) is 9.82 Å². The smallest absolute Gasteiger partial charge is 0.325 e. The van der Waals surface area contributed by atoms with Crippen molar-refractivity contribution in [2.45, 2.75) is 11.4 Å². The Morgan fingerprint density at radius 3 is 2.78 bits per heavy atom. The Balaban J connectivity index is 2.76. The number of nitrogens with one attached hydrogen (secondary N) is 1. The largest absolute Gasteiger partial charge is 0.480 e. The van der Waals surface area contributed by atoms with Gasteiger partial charge in [-0.3, -0.25) is 14.3 Å². The van der Waals surface area contributed by atoms with E-state index >= 15 is 0 Å². The van der Waals surface area contributed by atoms with E-state index in [9.17, 15) is 18.0 Å². The third-order valence-electron chi connectivity index (χ3n) is 1.85. The highest BCUT2D eigenvalue weighted by Crippen LogP contribution is 2.06. The predicted octanol–water partition coefficient (Wildman–Crippen LogP) is -1.58. The molecule has 0 aliphatic heterocycles. The quantitative estimate of drug-likeness (QED) is 0.600. The van der Waals surface area contributed by atoms with Crippen LogP contribution >= 0.6 is 0 Å². The molecule has 0 saturated heterocycles. The SMILES string of the molecule is COC(=O)CNS(=O)(=O)c1cnn(CC(=O)O)c1. The summed E-state index contributed by atoms with van der Waals surface area (Å²) in [6.07, 6.45) is 2.04. The van der Waals surface area contributed by atoms with Gasteiger partial charge in [0.15, 0.2) is 0 Å². The predicted molar refractivity (Wildman–Crippen MR) is 57.1 cm³/mol. The molecule has 0 radical (unpaired) electrons. The first-order valence-corrected chi connectivity index (χ1v) is 6.14. The van der Waals surface area contributed by atoms with E-state index < -0.39 is 35.1 Å². The van der Waals surface area contributed by atoms with E-state index in [1.165, 1.54) is 0 Å². The third kappa shape index (κ3) is 3.82. The summed E-state index contributed by atoms with van der Waals surface area (Å²) in [5.74, 6) is -1.89. The third-order valence-corrected chi connectivity index (χ3v) is 3.21. The van der Waals surface area contributed by atoms with Crippen molar-refractivity contribution in [3.05, 3.63) is 12.4 Å². The fourth-order valence-corrected chi connectivity index (χ4v) is 1.94. The van der Waals surface area contributed by atoms with E-state index in [1.807, 2.05) is 4.72 Å². The first-order chi connectivity index (χ1) is 8.35. The van der Waals surface area contributed by atoms with E-state index in [-0.39, 0.29) is 4.90 Å². The summed E-state index contributed by atoms with van der Waals surface area (Å²) in [5, 5.41) is 12.1. The summed E-state index contributed by atoms with van der Waals surface area (Å²) in [7, 11) is -2.78. The number of carbonyl (C=O) groups is 2. The van der Waals surface area contributed by atoms with Gasteiger partial charge < -0.3 is 9.84 Å². The van der Waals surface area contributed by atoms with Crippen LogP contribution in [-0.2, 0) is 30.9 Å². The second-order valence-corrected chi connectivity index (χ2v) is 4.93. The monoisotopic (exact) mass is 277 g/mol. The van der Waals surface area contributed by atoms with Crippen molar-refractivity contribution < 1.29 is 27.9 Å². The van der Waals surface area contributed by atoms with E-state index in [2.05, 4.69) is 9.84 Å². The number of carboxylic acid groups (broad SMARTS) is 1. The van der Waals surface area contributed by atoms with Gasteiger partial charge in [0.05, 0.1) is 13.3 Å². The highest BCUT2D eigenvalue weighted by atomic mass is 32.2. The summed E-state index contributed by atoms with van der Waals surface area (Å²) < 4.78 is 30.5. The van der Waals surface area contributed by atoms with Gasteiger partial charge >= 0.3 is 11.9 Å². The summed E-state index contributed by atoms with van der Waals surface area (Å²) in [5.41, 5.74) is 0. The zero-order chi connectivity index (χ0) is 13.8. The number of carbonyl (C=O) groups excluding carboxylic acids is 1. The normalized spacial score (nSPS) is 11.2. The lowest BCUT2D eigenvalue weighted by molar-refractivity contribution is -0.139. The van der Waals surface area contributed by atoms with Crippen LogP contribution in [0.2, 0.25) is 0 Å². The van der Waals surface area contributed by atoms with E-state index in [0.717, 1.165) is 24.2 Å². The van der Waals surface area contributed by atoms with Crippen LogP contribution in [0.25, 0.3) is 0 Å². The number of carboxylic acids is 1. The van der Waals surface area contributed by atoms with Crippen molar-refractivity contribution in [2.24, 2.45) is 0 Å². The second-order valence-electron chi connectivity index (χ2n) is 3.17. The molecule has 1 aromatic rings. The molecule has 0 unspecified atom stereocenters. The van der Waals surface area contributed by atoms with Crippen LogP contribution in [-0.4, -0.2) is 48.9 Å². The van der Waals surface area contributed by atoms with Gasteiger partial charge in [-0.15, -0.1) is 0 Å². The number of esters is 1. The van der Waals surface area contributed by atoms with Gasteiger partial charge in [-0.1, -0.05) is 0 Å². The lowest BCUT2D eigenvalue weighted by Gasteiger charge is -2.02.